The van der Waals surface area contributed by atoms with Crippen LogP contribution in [-0.2, 0) is 6.54 Å². The molecule has 0 aliphatic heterocycles. The Morgan fingerprint density at radius 2 is 1.44 bits per heavy atom. The molecule has 0 saturated carbocycles. The molecule has 25 heavy (non-hydrogen) atoms. The Morgan fingerprint density at radius 3 is 2.20 bits per heavy atom. The van der Waals surface area contributed by atoms with Crippen LogP contribution >= 0.6 is 0 Å². The summed E-state index contributed by atoms with van der Waals surface area (Å²) in [5.74, 6) is 0. The van der Waals surface area contributed by atoms with Crippen molar-refractivity contribution in [2.45, 2.75) is 6.54 Å². The number of aromatic nitrogens is 1. The summed E-state index contributed by atoms with van der Waals surface area (Å²) in [6.07, 6.45) is 0. The van der Waals surface area contributed by atoms with Crippen LogP contribution in [0.15, 0.2) is 99.1 Å². The number of fused-ring (bicyclic) bond motifs is 1. The minimum absolute atomic E-state index is 0.111. The summed E-state index contributed by atoms with van der Waals surface area (Å²) < 4.78 is 7.52. The second-order valence-electron chi connectivity index (χ2n) is 5.71. The molecule has 4 rings (SSSR count). The molecule has 0 aliphatic rings. The van der Waals surface area contributed by atoms with Crippen LogP contribution in [0.25, 0.3) is 11.0 Å². The largest absolute Gasteiger partial charge is 0.425 e. The molecule has 0 aliphatic carbocycles. The lowest BCUT2D eigenvalue weighted by molar-refractivity contribution is 0.454. The molecule has 0 atom stereocenters. The van der Waals surface area contributed by atoms with E-state index in [2.05, 4.69) is 4.99 Å². The molecule has 0 saturated heterocycles. The highest BCUT2D eigenvalue weighted by molar-refractivity contribution is 5.74. The van der Waals surface area contributed by atoms with E-state index in [1.165, 1.54) is 0 Å². The first kappa shape index (κ1) is 15.1. The summed E-state index contributed by atoms with van der Waals surface area (Å²) >= 11 is 0. The van der Waals surface area contributed by atoms with Gasteiger partial charge in [0.1, 0.15) is 5.58 Å². The molecule has 0 radical (unpaired) electrons. The summed E-state index contributed by atoms with van der Waals surface area (Å²) in [5.41, 5.74) is 2.47. The quantitative estimate of drug-likeness (QED) is 0.573. The summed E-state index contributed by atoms with van der Waals surface area (Å²) in [6, 6.07) is 26.5. The van der Waals surface area contributed by atoms with Gasteiger partial charge >= 0.3 is 5.68 Å². The van der Waals surface area contributed by atoms with Crippen molar-refractivity contribution in [1.82, 2.24) is 4.57 Å². The Kier molecular flexibility index (Phi) is 4.01. The van der Waals surface area contributed by atoms with E-state index in [9.17, 15) is 4.79 Å². The van der Waals surface area contributed by atoms with Crippen molar-refractivity contribution in [2.24, 2.45) is 4.99 Å². The molecule has 0 spiro atoms. The van der Waals surface area contributed by atoms with Crippen molar-refractivity contribution < 1.29 is 4.42 Å². The SMILES string of the molecule is O=c1c2ccccc2oc(=Nc2ccccc2)n1Cc1ccccc1. The number of rotatable bonds is 3. The van der Waals surface area contributed by atoms with E-state index in [4.69, 9.17) is 4.42 Å². The van der Waals surface area contributed by atoms with Crippen LogP contribution in [0.4, 0.5) is 5.69 Å². The topological polar surface area (TPSA) is 47.5 Å². The van der Waals surface area contributed by atoms with Gasteiger partial charge in [0.15, 0.2) is 0 Å². The van der Waals surface area contributed by atoms with E-state index in [-0.39, 0.29) is 5.56 Å². The van der Waals surface area contributed by atoms with Crippen molar-refractivity contribution in [3.8, 4) is 0 Å². The highest BCUT2D eigenvalue weighted by Gasteiger charge is 2.09. The van der Waals surface area contributed by atoms with Crippen molar-refractivity contribution in [3.05, 3.63) is 107 Å². The zero-order chi connectivity index (χ0) is 17.1. The predicted octanol–water partition coefficient (Wildman–Crippen LogP) is 3.88. The molecular weight excluding hydrogens is 312 g/mol. The van der Waals surface area contributed by atoms with Crippen LogP contribution in [0.3, 0.4) is 0 Å². The van der Waals surface area contributed by atoms with E-state index in [1.54, 1.807) is 16.7 Å². The first-order valence-corrected chi connectivity index (χ1v) is 8.08. The number of hydrogen-bond acceptors (Lipinski definition) is 3. The Bertz CT molecular complexity index is 1130. The predicted molar refractivity (Wildman–Crippen MR) is 97.7 cm³/mol. The van der Waals surface area contributed by atoms with Gasteiger partial charge < -0.3 is 4.42 Å². The van der Waals surface area contributed by atoms with Crippen molar-refractivity contribution in [3.63, 3.8) is 0 Å². The number of benzene rings is 3. The fourth-order valence-corrected chi connectivity index (χ4v) is 2.72. The summed E-state index contributed by atoms with van der Waals surface area (Å²) in [4.78, 5) is 17.5. The van der Waals surface area contributed by atoms with Gasteiger partial charge in [0, 0.05) is 0 Å². The first-order chi connectivity index (χ1) is 12.3. The molecule has 4 aromatic rings. The third-order valence-electron chi connectivity index (χ3n) is 3.96. The Labute approximate surface area is 144 Å². The minimum Gasteiger partial charge on any atom is -0.425 e. The second kappa shape index (κ2) is 6.61. The minimum atomic E-state index is -0.111. The van der Waals surface area contributed by atoms with E-state index in [0.717, 1.165) is 11.3 Å². The maximum Gasteiger partial charge on any atom is 0.305 e. The van der Waals surface area contributed by atoms with Crippen molar-refractivity contribution in [1.29, 1.82) is 0 Å². The molecule has 0 amide bonds. The highest BCUT2D eigenvalue weighted by Crippen LogP contribution is 2.11. The van der Waals surface area contributed by atoms with Crippen LogP contribution in [0.5, 0.6) is 0 Å². The molecule has 4 heteroatoms. The zero-order valence-electron chi connectivity index (χ0n) is 13.5. The zero-order valence-corrected chi connectivity index (χ0v) is 13.5. The normalized spacial score (nSPS) is 11.8. The number of para-hydroxylation sites is 2. The molecule has 1 aromatic heterocycles. The monoisotopic (exact) mass is 328 g/mol. The second-order valence-corrected chi connectivity index (χ2v) is 5.71. The van der Waals surface area contributed by atoms with Crippen molar-refractivity contribution >= 4 is 16.7 Å². The maximum atomic E-state index is 13.0. The third kappa shape index (κ3) is 3.15. The van der Waals surface area contributed by atoms with Crippen LogP contribution < -0.4 is 11.2 Å². The van der Waals surface area contributed by atoms with E-state index < -0.39 is 0 Å². The Morgan fingerprint density at radius 1 is 0.800 bits per heavy atom. The van der Waals surface area contributed by atoms with Crippen LogP contribution in [0.2, 0.25) is 0 Å². The van der Waals surface area contributed by atoms with Crippen LogP contribution in [0, 0.1) is 0 Å². The standard InChI is InChI=1S/C21H16N2O2/c24-20-18-13-7-8-14-19(18)25-21(22-17-11-5-2-6-12-17)23(20)15-16-9-3-1-4-10-16/h1-14H,15H2. The number of hydrogen-bond donors (Lipinski definition) is 0. The Balaban J connectivity index is 1.98. The van der Waals surface area contributed by atoms with Gasteiger partial charge in [-0.25, -0.2) is 0 Å². The average Bonchev–Trinajstić information content (AvgIpc) is 2.67. The molecule has 4 nitrogen and oxygen atoms in total. The van der Waals surface area contributed by atoms with Gasteiger partial charge in [0.25, 0.3) is 5.56 Å². The molecule has 1 heterocycles. The summed E-state index contributed by atoms with van der Waals surface area (Å²) in [5, 5.41) is 0.547. The molecule has 0 unspecified atom stereocenters. The smallest absolute Gasteiger partial charge is 0.305 e. The molecule has 3 aromatic carbocycles. The molecule has 0 bridgehead atoms. The molecular formula is C21H16N2O2. The van der Waals surface area contributed by atoms with Gasteiger partial charge in [-0.15, -0.1) is 0 Å². The Hall–Kier alpha value is -3.40. The molecule has 0 fully saturated rings. The van der Waals surface area contributed by atoms with Crippen LogP contribution in [-0.4, -0.2) is 4.57 Å². The summed E-state index contributed by atoms with van der Waals surface area (Å²) in [6.45, 7) is 0.402. The van der Waals surface area contributed by atoms with E-state index >= 15 is 0 Å². The summed E-state index contributed by atoms with van der Waals surface area (Å²) in [7, 11) is 0. The van der Waals surface area contributed by atoms with Gasteiger partial charge in [0.05, 0.1) is 17.6 Å². The lowest BCUT2D eigenvalue weighted by atomic mass is 10.2. The van der Waals surface area contributed by atoms with Gasteiger partial charge in [-0.05, 0) is 29.8 Å². The number of nitrogens with zero attached hydrogens (tertiary/aromatic N) is 2. The van der Waals surface area contributed by atoms with Gasteiger partial charge in [0.2, 0.25) is 0 Å². The molecule has 122 valence electrons. The maximum absolute atomic E-state index is 13.0. The highest BCUT2D eigenvalue weighted by atomic mass is 16.3. The van der Waals surface area contributed by atoms with Crippen LogP contribution in [0.1, 0.15) is 5.56 Å². The average molecular weight is 328 g/mol. The fourth-order valence-electron chi connectivity index (χ4n) is 2.72. The fraction of sp³-hybridized carbons (Fsp3) is 0.0476. The van der Waals surface area contributed by atoms with E-state index in [0.29, 0.717) is 23.2 Å². The lowest BCUT2D eigenvalue weighted by Gasteiger charge is -2.08. The molecule has 0 N–H and O–H groups in total. The van der Waals surface area contributed by atoms with Gasteiger partial charge in [-0.3, -0.25) is 9.36 Å². The third-order valence-corrected chi connectivity index (χ3v) is 3.96. The van der Waals surface area contributed by atoms with Gasteiger partial charge in [-0.2, -0.15) is 4.99 Å². The van der Waals surface area contributed by atoms with Gasteiger partial charge in [-0.1, -0.05) is 60.7 Å². The lowest BCUT2D eigenvalue weighted by Crippen LogP contribution is -2.33. The van der Waals surface area contributed by atoms with E-state index in [1.807, 2.05) is 72.8 Å². The first-order valence-electron chi connectivity index (χ1n) is 8.08. The van der Waals surface area contributed by atoms with Crippen molar-refractivity contribution in [2.75, 3.05) is 0 Å².